The van der Waals surface area contributed by atoms with Gasteiger partial charge in [0.1, 0.15) is 0 Å². The quantitative estimate of drug-likeness (QED) is 0.836. The number of rotatable bonds is 2. The van der Waals surface area contributed by atoms with Crippen LogP contribution in [-0.4, -0.2) is 6.04 Å². The maximum absolute atomic E-state index is 6.11. The van der Waals surface area contributed by atoms with Gasteiger partial charge in [0.2, 0.25) is 0 Å². The van der Waals surface area contributed by atoms with Crippen molar-refractivity contribution in [1.82, 2.24) is 0 Å². The van der Waals surface area contributed by atoms with Crippen LogP contribution >= 0.6 is 11.6 Å². The number of hydrogen-bond donors (Lipinski definition) is 1. The summed E-state index contributed by atoms with van der Waals surface area (Å²) >= 11 is 6.11. The molecule has 1 atom stereocenters. The summed E-state index contributed by atoms with van der Waals surface area (Å²) in [6.07, 6.45) is 2.35. The summed E-state index contributed by atoms with van der Waals surface area (Å²) in [7, 11) is 0. The Morgan fingerprint density at radius 1 is 1.25 bits per heavy atom. The Hall–Kier alpha value is -1.67. The first kappa shape index (κ1) is 13.3. The van der Waals surface area contributed by atoms with Crippen LogP contribution in [0.1, 0.15) is 24.5 Å². The minimum absolute atomic E-state index is 0.533. The van der Waals surface area contributed by atoms with Crippen molar-refractivity contribution in [1.29, 1.82) is 0 Å². The molecule has 3 rings (SSSR count). The van der Waals surface area contributed by atoms with Crippen molar-refractivity contribution >= 4 is 23.0 Å². The normalized spacial score (nSPS) is 17.9. The van der Waals surface area contributed by atoms with Crippen molar-refractivity contribution in [3.8, 4) is 0 Å². The number of benzene rings is 2. The molecule has 20 heavy (non-hydrogen) atoms. The lowest BCUT2D eigenvalue weighted by atomic mass is 9.96. The standard InChI is InChI=1S/C17H19ClN2/c1-12-6-7-14-4-2-3-5-17(14)20(12)11-13-8-15(18)10-16(19)9-13/h2-5,8-10,12H,6-7,11,19H2,1H3. The Morgan fingerprint density at radius 2 is 2.05 bits per heavy atom. The SMILES string of the molecule is CC1CCc2ccccc2N1Cc1cc(N)cc(Cl)c1. The zero-order valence-electron chi connectivity index (χ0n) is 11.6. The van der Waals surface area contributed by atoms with Gasteiger partial charge in [-0.1, -0.05) is 29.8 Å². The third-order valence-corrected chi connectivity index (χ3v) is 4.22. The molecule has 3 heteroatoms. The van der Waals surface area contributed by atoms with Crippen LogP contribution in [0, 0.1) is 0 Å². The van der Waals surface area contributed by atoms with E-state index in [4.69, 9.17) is 17.3 Å². The summed E-state index contributed by atoms with van der Waals surface area (Å²) in [6.45, 7) is 3.13. The lowest BCUT2D eigenvalue weighted by Crippen LogP contribution is -2.36. The Morgan fingerprint density at radius 3 is 2.85 bits per heavy atom. The Labute approximate surface area is 125 Å². The zero-order valence-corrected chi connectivity index (χ0v) is 12.4. The lowest BCUT2D eigenvalue weighted by Gasteiger charge is -2.37. The van der Waals surface area contributed by atoms with Gasteiger partial charge in [0.05, 0.1) is 0 Å². The van der Waals surface area contributed by atoms with Crippen LogP contribution < -0.4 is 10.6 Å². The van der Waals surface area contributed by atoms with E-state index in [1.54, 1.807) is 6.07 Å². The fourth-order valence-electron chi connectivity index (χ4n) is 2.96. The van der Waals surface area contributed by atoms with Gasteiger partial charge in [-0.05, 0) is 55.2 Å². The number of nitrogen functional groups attached to an aromatic ring is 1. The van der Waals surface area contributed by atoms with Gasteiger partial charge in [-0.25, -0.2) is 0 Å². The van der Waals surface area contributed by atoms with Crippen LogP contribution in [0.15, 0.2) is 42.5 Å². The largest absolute Gasteiger partial charge is 0.399 e. The van der Waals surface area contributed by atoms with Crippen molar-refractivity contribution in [2.45, 2.75) is 32.4 Å². The Balaban J connectivity index is 1.93. The summed E-state index contributed by atoms with van der Waals surface area (Å²) in [5.41, 5.74) is 10.6. The third-order valence-electron chi connectivity index (χ3n) is 4.00. The van der Waals surface area contributed by atoms with E-state index in [1.807, 2.05) is 12.1 Å². The molecule has 104 valence electrons. The maximum atomic E-state index is 6.11. The summed E-state index contributed by atoms with van der Waals surface area (Å²) in [6, 6.07) is 15.0. The second-order valence-corrected chi connectivity index (χ2v) is 5.97. The topological polar surface area (TPSA) is 29.3 Å². The molecular formula is C17H19ClN2. The van der Waals surface area contributed by atoms with E-state index >= 15 is 0 Å². The van der Waals surface area contributed by atoms with Gasteiger partial charge >= 0.3 is 0 Å². The van der Waals surface area contributed by atoms with E-state index in [1.165, 1.54) is 23.2 Å². The molecule has 1 heterocycles. The Kier molecular flexibility index (Phi) is 3.58. The molecule has 0 bridgehead atoms. The van der Waals surface area contributed by atoms with E-state index in [0.717, 1.165) is 18.7 Å². The van der Waals surface area contributed by atoms with Crippen molar-refractivity contribution in [2.24, 2.45) is 0 Å². The molecule has 0 spiro atoms. The molecule has 2 N–H and O–H groups in total. The molecule has 2 aromatic rings. The van der Waals surface area contributed by atoms with Crippen molar-refractivity contribution in [3.63, 3.8) is 0 Å². The first-order chi connectivity index (χ1) is 9.63. The van der Waals surface area contributed by atoms with Crippen molar-refractivity contribution in [3.05, 3.63) is 58.6 Å². The highest BCUT2D eigenvalue weighted by atomic mass is 35.5. The second kappa shape index (κ2) is 5.37. The molecule has 1 aliphatic rings. The van der Waals surface area contributed by atoms with Crippen LogP contribution in [0.4, 0.5) is 11.4 Å². The number of anilines is 2. The minimum Gasteiger partial charge on any atom is -0.399 e. The van der Waals surface area contributed by atoms with Crippen molar-refractivity contribution < 1.29 is 0 Å². The fraction of sp³-hybridized carbons (Fsp3) is 0.294. The van der Waals surface area contributed by atoms with Gasteiger partial charge in [0.25, 0.3) is 0 Å². The van der Waals surface area contributed by atoms with Crippen LogP contribution in [0.3, 0.4) is 0 Å². The first-order valence-corrected chi connectivity index (χ1v) is 7.41. The van der Waals surface area contributed by atoms with Gasteiger partial charge < -0.3 is 10.6 Å². The first-order valence-electron chi connectivity index (χ1n) is 7.03. The average molecular weight is 287 g/mol. The maximum Gasteiger partial charge on any atom is 0.0433 e. The van der Waals surface area contributed by atoms with Crippen LogP contribution in [0.2, 0.25) is 5.02 Å². The van der Waals surface area contributed by atoms with Gasteiger partial charge in [0, 0.05) is 29.0 Å². The second-order valence-electron chi connectivity index (χ2n) is 5.54. The molecule has 2 nitrogen and oxygen atoms in total. The molecule has 0 aromatic heterocycles. The van der Waals surface area contributed by atoms with Crippen LogP contribution in [0.25, 0.3) is 0 Å². The molecule has 0 saturated carbocycles. The van der Waals surface area contributed by atoms with E-state index in [2.05, 4.69) is 36.1 Å². The summed E-state index contributed by atoms with van der Waals surface area (Å²) in [5.74, 6) is 0. The molecule has 0 saturated heterocycles. The van der Waals surface area contributed by atoms with E-state index < -0.39 is 0 Å². The number of hydrogen-bond acceptors (Lipinski definition) is 2. The van der Waals surface area contributed by atoms with Crippen molar-refractivity contribution in [2.75, 3.05) is 10.6 Å². The summed E-state index contributed by atoms with van der Waals surface area (Å²) in [5, 5.41) is 0.706. The van der Waals surface area contributed by atoms with Gasteiger partial charge in [-0.3, -0.25) is 0 Å². The van der Waals surface area contributed by atoms with Gasteiger partial charge in [-0.2, -0.15) is 0 Å². The summed E-state index contributed by atoms with van der Waals surface area (Å²) < 4.78 is 0. The fourth-order valence-corrected chi connectivity index (χ4v) is 3.23. The predicted molar refractivity (Wildman–Crippen MR) is 86.3 cm³/mol. The molecular weight excluding hydrogens is 268 g/mol. The number of aryl methyl sites for hydroxylation is 1. The number of nitrogens with two attached hydrogens (primary N) is 1. The summed E-state index contributed by atoms with van der Waals surface area (Å²) in [4.78, 5) is 2.45. The smallest absolute Gasteiger partial charge is 0.0433 e. The minimum atomic E-state index is 0.533. The number of nitrogens with zero attached hydrogens (tertiary/aromatic N) is 1. The van der Waals surface area contributed by atoms with E-state index in [-0.39, 0.29) is 0 Å². The number of fused-ring (bicyclic) bond motifs is 1. The van der Waals surface area contributed by atoms with Crippen LogP contribution in [0.5, 0.6) is 0 Å². The number of halogens is 1. The Bertz CT molecular complexity index is 604. The number of para-hydroxylation sites is 1. The highest BCUT2D eigenvalue weighted by Gasteiger charge is 2.22. The highest BCUT2D eigenvalue weighted by molar-refractivity contribution is 6.30. The lowest BCUT2D eigenvalue weighted by molar-refractivity contribution is 0.560. The molecule has 2 aromatic carbocycles. The van der Waals surface area contributed by atoms with E-state index in [9.17, 15) is 0 Å². The molecule has 0 aliphatic carbocycles. The highest BCUT2D eigenvalue weighted by Crippen LogP contribution is 2.32. The molecule has 1 unspecified atom stereocenters. The molecule has 0 radical (unpaired) electrons. The van der Waals surface area contributed by atoms with Gasteiger partial charge in [-0.15, -0.1) is 0 Å². The monoisotopic (exact) mass is 286 g/mol. The average Bonchev–Trinajstić information content (AvgIpc) is 2.41. The van der Waals surface area contributed by atoms with Crippen LogP contribution in [-0.2, 0) is 13.0 Å². The predicted octanol–water partition coefficient (Wildman–Crippen LogP) is 4.26. The molecule has 0 fully saturated rings. The van der Waals surface area contributed by atoms with Gasteiger partial charge in [0.15, 0.2) is 0 Å². The van der Waals surface area contributed by atoms with E-state index in [0.29, 0.717) is 11.1 Å². The molecule has 1 aliphatic heterocycles. The third kappa shape index (κ3) is 2.61. The zero-order chi connectivity index (χ0) is 14.1. The molecule has 0 amide bonds.